The van der Waals surface area contributed by atoms with Crippen LogP contribution < -0.4 is 10.1 Å². The summed E-state index contributed by atoms with van der Waals surface area (Å²) in [5, 5.41) is 3.74. The molecule has 1 aromatic carbocycles. The number of alkyl halides is 3. The van der Waals surface area contributed by atoms with E-state index in [1.165, 1.54) is 24.6 Å². The van der Waals surface area contributed by atoms with E-state index in [1.807, 2.05) is 13.8 Å². The molecule has 6 nitrogen and oxygen atoms in total. The first-order valence-electron chi connectivity index (χ1n) is 7.46. The molecule has 0 aliphatic rings. The van der Waals surface area contributed by atoms with Crippen LogP contribution in [0, 0.1) is 11.8 Å². The van der Waals surface area contributed by atoms with Crippen molar-refractivity contribution in [3.8, 4) is 5.75 Å². The van der Waals surface area contributed by atoms with Crippen LogP contribution >= 0.6 is 0 Å². The number of amides is 2. The SMILES string of the molecule is CC.COc1ccc(/C(=C\C=C(/NC=O)C(F)(F)F)C(=O)N=O)c(C)c1. The van der Waals surface area contributed by atoms with Crippen molar-refractivity contribution in [3.63, 3.8) is 0 Å². The van der Waals surface area contributed by atoms with Crippen molar-refractivity contribution >= 4 is 17.9 Å². The molecule has 0 aromatic heterocycles. The van der Waals surface area contributed by atoms with Gasteiger partial charge in [0.2, 0.25) is 6.41 Å². The average molecular weight is 372 g/mol. The van der Waals surface area contributed by atoms with E-state index < -0.39 is 17.8 Å². The molecule has 0 bridgehead atoms. The zero-order valence-corrected chi connectivity index (χ0v) is 14.7. The number of nitrogens with one attached hydrogen (secondary N) is 1. The molecular weight excluding hydrogens is 353 g/mol. The predicted octanol–water partition coefficient (Wildman–Crippen LogP) is 3.90. The zero-order valence-electron chi connectivity index (χ0n) is 14.7. The highest BCUT2D eigenvalue weighted by Gasteiger charge is 2.33. The van der Waals surface area contributed by atoms with Crippen molar-refractivity contribution < 1.29 is 27.5 Å². The Morgan fingerprint density at radius 2 is 1.85 bits per heavy atom. The number of carbonyl (C=O) groups is 2. The lowest BCUT2D eigenvalue weighted by molar-refractivity contribution is -0.116. The average Bonchev–Trinajstić information content (AvgIpc) is 2.62. The highest BCUT2D eigenvalue weighted by Crippen LogP contribution is 2.27. The minimum absolute atomic E-state index is 0.148. The van der Waals surface area contributed by atoms with Crippen LogP contribution in [0.1, 0.15) is 25.0 Å². The van der Waals surface area contributed by atoms with Gasteiger partial charge in [0.25, 0.3) is 0 Å². The molecule has 142 valence electrons. The Morgan fingerprint density at radius 1 is 1.23 bits per heavy atom. The number of hydrogen-bond donors (Lipinski definition) is 1. The fourth-order valence-electron chi connectivity index (χ4n) is 1.85. The van der Waals surface area contributed by atoms with Crippen LogP contribution in [0.2, 0.25) is 0 Å². The number of benzene rings is 1. The van der Waals surface area contributed by atoms with E-state index in [0.29, 0.717) is 17.4 Å². The zero-order chi connectivity index (χ0) is 20.3. The van der Waals surface area contributed by atoms with E-state index in [4.69, 9.17) is 4.74 Å². The number of nitroso groups, excluding NO2 is 1. The summed E-state index contributed by atoms with van der Waals surface area (Å²) in [5.74, 6) is -0.775. The lowest BCUT2D eigenvalue weighted by Crippen LogP contribution is -2.24. The number of nitrogens with zero attached hydrogens (tertiary/aromatic N) is 1. The summed E-state index contributed by atoms with van der Waals surface area (Å²) in [7, 11) is 1.42. The second-order valence-electron chi connectivity index (χ2n) is 4.50. The van der Waals surface area contributed by atoms with Crippen LogP contribution in [-0.2, 0) is 9.59 Å². The molecule has 26 heavy (non-hydrogen) atoms. The van der Waals surface area contributed by atoms with Gasteiger partial charge in [0.15, 0.2) is 0 Å². The lowest BCUT2D eigenvalue weighted by Gasteiger charge is -2.10. The number of halogens is 3. The molecule has 0 saturated heterocycles. The highest BCUT2D eigenvalue weighted by atomic mass is 19.4. The Hall–Kier alpha value is -2.97. The van der Waals surface area contributed by atoms with Crippen LogP contribution in [0.25, 0.3) is 5.57 Å². The molecule has 0 aliphatic heterocycles. The molecule has 0 saturated carbocycles. The van der Waals surface area contributed by atoms with Gasteiger partial charge in [-0.15, -0.1) is 4.91 Å². The standard InChI is InChI=1S/C15H13F3N2O4.C2H6/c1-9-7-10(24-2)3-4-11(9)12(14(22)20-23)5-6-13(19-8-21)15(16,17)18;1-2/h3-8H,1-2H3,(H,19,21);1-2H3/b12-5+,13-6-;. The Bertz CT molecular complexity index is 710. The van der Waals surface area contributed by atoms with Crippen molar-refractivity contribution in [2.24, 2.45) is 5.18 Å². The molecule has 1 N–H and O–H groups in total. The summed E-state index contributed by atoms with van der Waals surface area (Å²) in [6.45, 7) is 5.59. The monoisotopic (exact) mass is 372 g/mol. The third-order valence-corrected chi connectivity index (χ3v) is 2.97. The minimum Gasteiger partial charge on any atom is -0.497 e. The highest BCUT2D eigenvalue weighted by molar-refractivity contribution is 6.20. The Labute approximate surface area is 148 Å². The molecule has 1 rings (SSSR count). The van der Waals surface area contributed by atoms with Crippen LogP contribution in [0.15, 0.2) is 41.2 Å². The first-order chi connectivity index (χ1) is 12.2. The van der Waals surface area contributed by atoms with Crippen molar-refractivity contribution in [3.05, 3.63) is 52.1 Å². The van der Waals surface area contributed by atoms with Crippen molar-refractivity contribution in [2.45, 2.75) is 26.9 Å². The Balaban J connectivity index is 0.00000301. The van der Waals surface area contributed by atoms with Gasteiger partial charge in [-0.1, -0.05) is 19.9 Å². The van der Waals surface area contributed by atoms with Gasteiger partial charge in [-0.05, 0) is 42.3 Å². The largest absolute Gasteiger partial charge is 0.497 e. The topological polar surface area (TPSA) is 84.8 Å². The van der Waals surface area contributed by atoms with Crippen molar-refractivity contribution in [1.29, 1.82) is 0 Å². The number of ether oxygens (including phenoxy) is 1. The molecule has 2 amide bonds. The third kappa shape index (κ3) is 6.50. The summed E-state index contributed by atoms with van der Waals surface area (Å²) < 4.78 is 43.1. The minimum atomic E-state index is -4.84. The van der Waals surface area contributed by atoms with Gasteiger partial charge < -0.3 is 10.1 Å². The van der Waals surface area contributed by atoms with Gasteiger partial charge in [0, 0.05) is 5.18 Å². The quantitative estimate of drug-likeness (QED) is 0.355. The molecule has 0 heterocycles. The number of rotatable bonds is 6. The van der Waals surface area contributed by atoms with Crippen LogP contribution in [0.5, 0.6) is 5.75 Å². The maximum Gasteiger partial charge on any atom is 0.431 e. The molecule has 9 heteroatoms. The third-order valence-electron chi connectivity index (χ3n) is 2.97. The van der Waals surface area contributed by atoms with E-state index >= 15 is 0 Å². The van der Waals surface area contributed by atoms with Gasteiger partial charge in [-0.2, -0.15) is 13.2 Å². The van der Waals surface area contributed by atoms with Gasteiger partial charge >= 0.3 is 12.1 Å². The summed E-state index contributed by atoms with van der Waals surface area (Å²) in [5.41, 5.74) is -1.04. The first-order valence-corrected chi connectivity index (χ1v) is 7.46. The molecule has 0 aliphatic carbocycles. The number of hydrogen-bond acceptors (Lipinski definition) is 4. The fourth-order valence-corrected chi connectivity index (χ4v) is 1.85. The van der Waals surface area contributed by atoms with E-state index in [0.717, 1.165) is 6.08 Å². The summed E-state index contributed by atoms with van der Waals surface area (Å²) >= 11 is 0. The second-order valence-corrected chi connectivity index (χ2v) is 4.50. The van der Waals surface area contributed by atoms with E-state index in [-0.39, 0.29) is 17.5 Å². The second kappa shape index (κ2) is 10.8. The summed E-state index contributed by atoms with van der Waals surface area (Å²) in [4.78, 5) is 32.5. The smallest absolute Gasteiger partial charge is 0.431 e. The normalized spacial score (nSPS) is 11.8. The fraction of sp³-hybridized carbons (Fsp3) is 0.294. The molecule has 0 atom stereocenters. The summed E-state index contributed by atoms with van der Waals surface area (Å²) in [6, 6.07) is 4.43. The number of allylic oxidation sites excluding steroid dienone is 3. The maximum atomic E-state index is 12.7. The van der Waals surface area contributed by atoms with Gasteiger partial charge in [0.05, 0.1) is 12.7 Å². The molecule has 1 aromatic rings. The lowest BCUT2D eigenvalue weighted by atomic mass is 9.99. The van der Waals surface area contributed by atoms with Crippen molar-refractivity contribution in [1.82, 2.24) is 5.32 Å². The number of carbonyl (C=O) groups excluding carboxylic acids is 2. The molecule has 0 spiro atoms. The van der Waals surface area contributed by atoms with E-state index in [1.54, 1.807) is 13.0 Å². The maximum absolute atomic E-state index is 12.7. The molecule has 0 unspecified atom stereocenters. The van der Waals surface area contributed by atoms with Crippen molar-refractivity contribution in [2.75, 3.05) is 7.11 Å². The van der Waals surface area contributed by atoms with Gasteiger partial charge in [-0.3, -0.25) is 9.59 Å². The van der Waals surface area contributed by atoms with Gasteiger partial charge in [-0.25, -0.2) is 0 Å². The molecule has 0 fully saturated rings. The van der Waals surface area contributed by atoms with E-state index in [2.05, 4.69) is 5.18 Å². The summed E-state index contributed by atoms with van der Waals surface area (Å²) in [6.07, 6.45) is -3.73. The Kier molecular flexibility index (Phi) is 9.57. The van der Waals surface area contributed by atoms with E-state index in [9.17, 15) is 27.7 Å². The first kappa shape index (κ1) is 23.0. The van der Waals surface area contributed by atoms with Crippen LogP contribution in [0.4, 0.5) is 13.2 Å². The van der Waals surface area contributed by atoms with Gasteiger partial charge in [0.1, 0.15) is 11.4 Å². The molecular formula is C17H19F3N2O4. The molecule has 0 radical (unpaired) electrons. The van der Waals surface area contributed by atoms with Crippen LogP contribution in [0.3, 0.4) is 0 Å². The number of methoxy groups -OCH3 is 1. The van der Waals surface area contributed by atoms with Crippen LogP contribution in [-0.4, -0.2) is 25.6 Å². The Morgan fingerprint density at radius 3 is 2.27 bits per heavy atom. The predicted molar refractivity (Wildman–Crippen MR) is 91.2 cm³/mol. The number of aryl methyl sites for hydroxylation is 1.